The number of nitrogens with two attached hydrogens (primary N) is 1. The number of methoxy groups -OCH3 is 1. The van der Waals surface area contributed by atoms with Gasteiger partial charge in [0, 0.05) is 13.7 Å². The van der Waals surface area contributed by atoms with Crippen LogP contribution in [0.15, 0.2) is 0 Å². The molecule has 1 aliphatic rings. The first-order valence-corrected chi connectivity index (χ1v) is 4.18. The molecule has 3 nitrogen and oxygen atoms in total. The minimum absolute atomic E-state index is 0.0173. The summed E-state index contributed by atoms with van der Waals surface area (Å²) in [4.78, 5) is 0. The van der Waals surface area contributed by atoms with Gasteiger partial charge in [-0.25, -0.2) is 0 Å². The molecule has 0 aromatic heterocycles. The minimum atomic E-state index is 0.0173. The second-order valence-electron chi connectivity index (χ2n) is 2.96. The van der Waals surface area contributed by atoms with Crippen molar-refractivity contribution in [2.75, 3.05) is 13.7 Å². The molecule has 0 unspecified atom stereocenters. The van der Waals surface area contributed by atoms with Crippen LogP contribution in [0.3, 0.4) is 0 Å². The molecule has 64 valence electrons. The molecule has 0 saturated heterocycles. The van der Waals surface area contributed by atoms with Crippen LogP contribution in [-0.2, 0) is 4.74 Å². The molecule has 0 atom stereocenters. The van der Waals surface area contributed by atoms with Gasteiger partial charge in [-0.1, -0.05) is 0 Å². The first-order valence-electron chi connectivity index (χ1n) is 3.77. The summed E-state index contributed by atoms with van der Waals surface area (Å²) in [6.45, 7) is 0.749. The van der Waals surface area contributed by atoms with Crippen molar-refractivity contribution < 1.29 is 4.74 Å². The van der Waals surface area contributed by atoms with E-state index in [0.29, 0.717) is 5.11 Å². The van der Waals surface area contributed by atoms with E-state index in [4.69, 9.17) is 22.7 Å². The van der Waals surface area contributed by atoms with E-state index in [9.17, 15) is 0 Å². The van der Waals surface area contributed by atoms with Gasteiger partial charge in [0.2, 0.25) is 0 Å². The Morgan fingerprint density at radius 1 is 1.73 bits per heavy atom. The number of hydrogen-bond acceptors (Lipinski definition) is 2. The summed E-state index contributed by atoms with van der Waals surface area (Å²) >= 11 is 4.69. The highest BCUT2D eigenvalue weighted by Gasteiger charge is 2.36. The summed E-state index contributed by atoms with van der Waals surface area (Å²) in [6.07, 6.45) is 3.46. The second kappa shape index (κ2) is 3.36. The van der Waals surface area contributed by atoms with E-state index in [2.05, 4.69) is 5.32 Å². The fraction of sp³-hybridized carbons (Fsp3) is 0.857. The van der Waals surface area contributed by atoms with Crippen molar-refractivity contribution in [2.45, 2.75) is 24.9 Å². The van der Waals surface area contributed by atoms with Gasteiger partial charge in [0.05, 0.1) is 5.60 Å². The van der Waals surface area contributed by atoms with Crippen LogP contribution >= 0.6 is 12.2 Å². The fourth-order valence-corrected chi connectivity index (χ4v) is 1.34. The highest BCUT2D eigenvalue weighted by molar-refractivity contribution is 7.80. The van der Waals surface area contributed by atoms with Crippen LogP contribution in [0.2, 0.25) is 0 Å². The van der Waals surface area contributed by atoms with Crippen LogP contribution in [-0.4, -0.2) is 24.4 Å². The largest absolute Gasteiger partial charge is 0.376 e. The number of thiocarbonyl (C=S) groups is 1. The van der Waals surface area contributed by atoms with Gasteiger partial charge in [0.25, 0.3) is 0 Å². The molecule has 0 radical (unpaired) electrons. The summed E-state index contributed by atoms with van der Waals surface area (Å²) in [6, 6.07) is 0. The summed E-state index contributed by atoms with van der Waals surface area (Å²) in [7, 11) is 1.74. The van der Waals surface area contributed by atoms with Gasteiger partial charge in [-0.2, -0.15) is 0 Å². The molecule has 1 saturated carbocycles. The third-order valence-electron chi connectivity index (χ3n) is 2.28. The molecule has 11 heavy (non-hydrogen) atoms. The fourth-order valence-electron chi connectivity index (χ4n) is 1.27. The van der Waals surface area contributed by atoms with Crippen LogP contribution in [0.25, 0.3) is 0 Å². The average Bonchev–Trinajstić information content (AvgIpc) is 1.86. The van der Waals surface area contributed by atoms with Crippen LogP contribution in [0, 0.1) is 0 Å². The van der Waals surface area contributed by atoms with Gasteiger partial charge in [-0.05, 0) is 31.5 Å². The van der Waals surface area contributed by atoms with Crippen LogP contribution < -0.4 is 11.1 Å². The molecule has 0 heterocycles. The van der Waals surface area contributed by atoms with Crippen molar-refractivity contribution in [1.82, 2.24) is 5.32 Å². The summed E-state index contributed by atoms with van der Waals surface area (Å²) < 4.78 is 5.35. The molecule has 0 aromatic carbocycles. The molecule has 0 bridgehead atoms. The molecular formula is C7H14N2OS. The quantitative estimate of drug-likeness (QED) is 0.608. The third-order valence-corrected chi connectivity index (χ3v) is 2.43. The monoisotopic (exact) mass is 174 g/mol. The first kappa shape index (κ1) is 8.74. The summed E-state index contributed by atoms with van der Waals surface area (Å²) in [5, 5.41) is 3.28. The molecule has 0 amide bonds. The molecular weight excluding hydrogens is 160 g/mol. The maximum atomic E-state index is 5.35. The maximum Gasteiger partial charge on any atom is 0.163 e. The Balaban J connectivity index is 2.27. The van der Waals surface area contributed by atoms with Crippen molar-refractivity contribution >= 4 is 17.3 Å². The zero-order valence-corrected chi connectivity index (χ0v) is 7.54. The topological polar surface area (TPSA) is 47.3 Å². The van der Waals surface area contributed by atoms with Crippen molar-refractivity contribution in [3.05, 3.63) is 0 Å². The predicted octanol–water partition coefficient (Wildman–Crippen LogP) is 0.389. The lowest BCUT2D eigenvalue weighted by Crippen LogP contribution is -2.50. The van der Waals surface area contributed by atoms with Crippen LogP contribution in [0.5, 0.6) is 0 Å². The molecule has 4 heteroatoms. The van der Waals surface area contributed by atoms with Crippen LogP contribution in [0.1, 0.15) is 19.3 Å². The van der Waals surface area contributed by atoms with E-state index in [1.54, 1.807) is 7.11 Å². The number of nitrogens with one attached hydrogen (secondary N) is 1. The van der Waals surface area contributed by atoms with Crippen molar-refractivity contribution in [3.63, 3.8) is 0 Å². The van der Waals surface area contributed by atoms with Gasteiger partial charge < -0.3 is 15.8 Å². The standard InChI is InChI=1S/C7H14N2OS/c1-10-7(3-2-4-7)5-9-6(8)11/h2-5H2,1H3,(H3,8,9,11). The second-order valence-corrected chi connectivity index (χ2v) is 3.40. The Morgan fingerprint density at radius 2 is 2.36 bits per heavy atom. The van der Waals surface area contributed by atoms with Gasteiger partial charge in [0.1, 0.15) is 0 Å². The van der Waals surface area contributed by atoms with Crippen molar-refractivity contribution in [1.29, 1.82) is 0 Å². The Kier molecular flexibility index (Phi) is 2.67. The van der Waals surface area contributed by atoms with E-state index in [1.165, 1.54) is 6.42 Å². The first-order chi connectivity index (χ1) is 5.18. The van der Waals surface area contributed by atoms with E-state index in [-0.39, 0.29) is 5.60 Å². The van der Waals surface area contributed by atoms with Gasteiger partial charge >= 0.3 is 0 Å². The number of rotatable bonds is 3. The van der Waals surface area contributed by atoms with Gasteiger partial charge in [-0.3, -0.25) is 0 Å². The average molecular weight is 174 g/mol. The van der Waals surface area contributed by atoms with Crippen molar-refractivity contribution in [2.24, 2.45) is 5.73 Å². The van der Waals surface area contributed by atoms with Gasteiger partial charge in [0.15, 0.2) is 5.11 Å². The van der Waals surface area contributed by atoms with E-state index < -0.39 is 0 Å². The molecule has 1 rings (SSSR count). The summed E-state index contributed by atoms with van der Waals surface area (Å²) in [5.41, 5.74) is 5.32. The van der Waals surface area contributed by atoms with E-state index in [1.807, 2.05) is 0 Å². The number of ether oxygens (including phenoxy) is 1. The lowest BCUT2D eigenvalue weighted by molar-refractivity contribution is -0.0664. The molecule has 1 aliphatic carbocycles. The van der Waals surface area contributed by atoms with Crippen molar-refractivity contribution in [3.8, 4) is 0 Å². The Morgan fingerprint density at radius 3 is 2.64 bits per heavy atom. The Labute approximate surface area is 72.3 Å². The highest BCUT2D eigenvalue weighted by Crippen LogP contribution is 2.34. The minimum Gasteiger partial charge on any atom is -0.376 e. The Bertz CT molecular complexity index is 151. The molecule has 0 aliphatic heterocycles. The van der Waals surface area contributed by atoms with E-state index >= 15 is 0 Å². The van der Waals surface area contributed by atoms with Crippen LogP contribution in [0.4, 0.5) is 0 Å². The molecule has 3 N–H and O–H groups in total. The predicted molar refractivity (Wildman–Crippen MR) is 48.4 cm³/mol. The lowest BCUT2D eigenvalue weighted by atomic mass is 9.80. The zero-order valence-electron chi connectivity index (χ0n) is 6.72. The third kappa shape index (κ3) is 2.04. The Hall–Kier alpha value is -0.350. The molecule has 0 aromatic rings. The summed E-state index contributed by atoms with van der Waals surface area (Å²) in [5.74, 6) is 0. The highest BCUT2D eigenvalue weighted by atomic mass is 32.1. The molecule has 0 spiro atoms. The normalized spacial score (nSPS) is 20.5. The lowest BCUT2D eigenvalue weighted by Gasteiger charge is -2.40. The SMILES string of the molecule is COC1(CNC(N)=S)CCC1. The smallest absolute Gasteiger partial charge is 0.163 e. The van der Waals surface area contributed by atoms with E-state index in [0.717, 1.165) is 19.4 Å². The maximum absolute atomic E-state index is 5.35. The van der Waals surface area contributed by atoms with Gasteiger partial charge in [-0.15, -0.1) is 0 Å². The zero-order chi connectivity index (χ0) is 8.32. The number of hydrogen-bond donors (Lipinski definition) is 2. The molecule has 1 fully saturated rings.